The Hall–Kier alpha value is -4.19. The van der Waals surface area contributed by atoms with Gasteiger partial charge in [-0.25, -0.2) is 9.97 Å². The highest BCUT2D eigenvalue weighted by atomic mass is 16.1. The third-order valence-electron chi connectivity index (χ3n) is 5.83. The molecule has 1 aliphatic rings. The number of anilines is 3. The van der Waals surface area contributed by atoms with Crippen molar-refractivity contribution in [3.8, 4) is 11.1 Å². The number of rotatable bonds is 5. The quantitative estimate of drug-likeness (QED) is 0.491. The Labute approximate surface area is 193 Å². The van der Waals surface area contributed by atoms with Gasteiger partial charge < -0.3 is 15.1 Å². The first-order valence-corrected chi connectivity index (χ1v) is 11.1. The number of benzene rings is 3. The van der Waals surface area contributed by atoms with Gasteiger partial charge in [0.2, 0.25) is 5.95 Å². The van der Waals surface area contributed by atoms with Gasteiger partial charge in [-0.3, -0.25) is 4.79 Å². The van der Waals surface area contributed by atoms with Crippen molar-refractivity contribution in [2.24, 2.45) is 0 Å². The van der Waals surface area contributed by atoms with Crippen LogP contribution in [0.25, 0.3) is 11.1 Å². The second-order valence-corrected chi connectivity index (χ2v) is 7.98. The Kier molecular flexibility index (Phi) is 5.97. The highest BCUT2D eigenvalue weighted by molar-refractivity contribution is 6.04. The number of piperazine rings is 1. The fraction of sp³-hybridized carbons (Fsp3) is 0.148. The smallest absolute Gasteiger partial charge is 0.255 e. The molecule has 1 amide bonds. The van der Waals surface area contributed by atoms with Gasteiger partial charge in [-0.2, -0.15) is 0 Å². The van der Waals surface area contributed by atoms with E-state index in [0.29, 0.717) is 17.2 Å². The van der Waals surface area contributed by atoms with Gasteiger partial charge in [0.1, 0.15) is 0 Å². The summed E-state index contributed by atoms with van der Waals surface area (Å²) < 4.78 is 0. The standard InChI is InChI=1S/C27H25N5O/c33-26(23-13-11-22(12-14-23)21-7-3-1-4-8-21)30-24-19-28-27(29-20-24)32-17-15-31(16-18-32)25-9-5-2-6-10-25/h1-14,19-20H,15-18H2,(H,30,33). The minimum atomic E-state index is -0.178. The topological polar surface area (TPSA) is 61.4 Å². The van der Waals surface area contributed by atoms with Crippen molar-refractivity contribution in [1.82, 2.24) is 9.97 Å². The largest absolute Gasteiger partial charge is 0.368 e. The lowest BCUT2D eigenvalue weighted by Crippen LogP contribution is -2.47. The van der Waals surface area contributed by atoms with E-state index >= 15 is 0 Å². The second-order valence-electron chi connectivity index (χ2n) is 7.98. The van der Waals surface area contributed by atoms with Crippen LogP contribution in [0.1, 0.15) is 10.4 Å². The van der Waals surface area contributed by atoms with Crippen molar-refractivity contribution in [2.45, 2.75) is 0 Å². The maximum atomic E-state index is 12.6. The predicted molar refractivity (Wildman–Crippen MR) is 133 cm³/mol. The minimum Gasteiger partial charge on any atom is -0.368 e. The number of para-hydroxylation sites is 1. The van der Waals surface area contributed by atoms with E-state index < -0.39 is 0 Å². The van der Waals surface area contributed by atoms with E-state index in [1.54, 1.807) is 12.4 Å². The molecule has 0 atom stereocenters. The highest BCUT2D eigenvalue weighted by Gasteiger charge is 2.19. The average molecular weight is 436 g/mol. The zero-order chi connectivity index (χ0) is 22.5. The van der Waals surface area contributed by atoms with Crippen LogP contribution in [0.3, 0.4) is 0 Å². The molecule has 164 valence electrons. The van der Waals surface area contributed by atoms with Crippen LogP contribution in [0.5, 0.6) is 0 Å². The number of nitrogens with one attached hydrogen (secondary N) is 1. The van der Waals surface area contributed by atoms with Gasteiger partial charge in [0.25, 0.3) is 5.91 Å². The number of hydrogen-bond donors (Lipinski definition) is 1. The Bertz CT molecular complexity index is 1190. The number of amides is 1. The molecule has 2 heterocycles. The molecule has 3 aromatic carbocycles. The Morgan fingerprint density at radius 1 is 0.667 bits per heavy atom. The van der Waals surface area contributed by atoms with E-state index in [4.69, 9.17) is 0 Å². The van der Waals surface area contributed by atoms with Gasteiger partial charge in [0.15, 0.2) is 0 Å². The molecule has 33 heavy (non-hydrogen) atoms. The molecule has 1 fully saturated rings. The third kappa shape index (κ3) is 4.85. The van der Waals surface area contributed by atoms with Crippen molar-refractivity contribution in [3.05, 3.63) is 103 Å². The molecule has 0 saturated carbocycles. The first-order valence-electron chi connectivity index (χ1n) is 11.1. The van der Waals surface area contributed by atoms with Crippen LogP contribution in [0.2, 0.25) is 0 Å². The van der Waals surface area contributed by atoms with Crippen molar-refractivity contribution >= 4 is 23.2 Å². The molecular weight excluding hydrogens is 410 g/mol. The normalized spacial score (nSPS) is 13.6. The van der Waals surface area contributed by atoms with E-state index in [1.807, 2.05) is 48.5 Å². The highest BCUT2D eigenvalue weighted by Crippen LogP contribution is 2.21. The van der Waals surface area contributed by atoms with Gasteiger partial charge in [0, 0.05) is 37.4 Å². The SMILES string of the molecule is O=C(Nc1cnc(N2CCN(c3ccccc3)CC2)nc1)c1ccc(-c2ccccc2)cc1. The van der Waals surface area contributed by atoms with Crippen molar-refractivity contribution < 1.29 is 4.79 Å². The Morgan fingerprint density at radius 2 is 1.21 bits per heavy atom. The van der Waals surface area contributed by atoms with Crippen molar-refractivity contribution in [2.75, 3.05) is 41.3 Å². The minimum absolute atomic E-state index is 0.178. The molecule has 0 aliphatic carbocycles. The van der Waals surface area contributed by atoms with Gasteiger partial charge in [-0.05, 0) is 35.4 Å². The second kappa shape index (κ2) is 9.53. The van der Waals surface area contributed by atoms with Crippen molar-refractivity contribution in [1.29, 1.82) is 0 Å². The van der Waals surface area contributed by atoms with Crippen LogP contribution in [0.15, 0.2) is 97.3 Å². The summed E-state index contributed by atoms with van der Waals surface area (Å²) >= 11 is 0. The molecule has 5 rings (SSSR count). The maximum Gasteiger partial charge on any atom is 0.255 e. The van der Waals surface area contributed by atoms with Gasteiger partial charge >= 0.3 is 0 Å². The number of carbonyl (C=O) groups is 1. The first-order chi connectivity index (χ1) is 16.3. The fourth-order valence-electron chi connectivity index (χ4n) is 4.00. The summed E-state index contributed by atoms with van der Waals surface area (Å²) in [6.07, 6.45) is 3.34. The molecule has 0 bridgehead atoms. The average Bonchev–Trinajstić information content (AvgIpc) is 2.90. The van der Waals surface area contributed by atoms with Crippen LogP contribution in [-0.2, 0) is 0 Å². The van der Waals surface area contributed by atoms with E-state index in [0.717, 1.165) is 37.3 Å². The molecule has 1 aliphatic heterocycles. The summed E-state index contributed by atoms with van der Waals surface area (Å²) in [7, 11) is 0. The van der Waals surface area contributed by atoms with E-state index in [-0.39, 0.29) is 5.91 Å². The number of hydrogen-bond acceptors (Lipinski definition) is 5. The summed E-state index contributed by atoms with van der Waals surface area (Å²) in [4.78, 5) is 26.1. The van der Waals surface area contributed by atoms with Crippen LogP contribution in [0, 0.1) is 0 Å². The summed E-state index contributed by atoms with van der Waals surface area (Å²) in [6.45, 7) is 3.55. The molecule has 1 N–H and O–H groups in total. The van der Waals surface area contributed by atoms with Gasteiger partial charge in [-0.15, -0.1) is 0 Å². The number of aromatic nitrogens is 2. The Balaban J connectivity index is 1.18. The summed E-state index contributed by atoms with van der Waals surface area (Å²) in [5, 5.41) is 2.89. The van der Waals surface area contributed by atoms with Crippen LogP contribution < -0.4 is 15.1 Å². The molecule has 6 nitrogen and oxygen atoms in total. The number of carbonyl (C=O) groups excluding carboxylic acids is 1. The summed E-state index contributed by atoms with van der Waals surface area (Å²) in [5.74, 6) is 0.510. The molecule has 0 spiro atoms. The summed E-state index contributed by atoms with van der Waals surface area (Å²) in [5.41, 5.74) is 4.62. The van der Waals surface area contributed by atoms with Gasteiger partial charge in [0.05, 0.1) is 18.1 Å². The summed E-state index contributed by atoms with van der Waals surface area (Å²) in [6, 6.07) is 28.1. The molecule has 6 heteroatoms. The predicted octanol–water partition coefficient (Wildman–Crippen LogP) is 4.72. The van der Waals surface area contributed by atoms with E-state index in [2.05, 4.69) is 61.5 Å². The zero-order valence-corrected chi connectivity index (χ0v) is 18.3. The lowest BCUT2D eigenvalue weighted by atomic mass is 10.0. The molecule has 1 saturated heterocycles. The molecular formula is C27H25N5O. The lowest BCUT2D eigenvalue weighted by molar-refractivity contribution is 0.102. The molecule has 4 aromatic rings. The third-order valence-corrected chi connectivity index (χ3v) is 5.83. The molecule has 1 aromatic heterocycles. The first kappa shape index (κ1) is 20.7. The lowest BCUT2D eigenvalue weighted by Gasteiger charge is -2.36. The maximum absolute atomic E-state index is 12.6. The van der Waals surface area contributed by atoms with Crippen LogP contribution in [0.4, 0.5) is 17.3 Å². The zero-order valence-electron chi connectivity index (χ0n) is 18.3. The van der Waals surface area contributed by atoms with Crippen LogP contribution in [-0.4, -0.2) is 42.1 Å². The monoisotopic (exact) mass is 435 g/mol. The van der Waals surface area contributed by atoms with E-state index in [1.165, 1.54) is 5.69 Å². The van der Waals surface area contributed by atoms with Crippen LogP contribution >= 0.6 is 0 Å². The number of nitrogens with zero attached hydrogens (tertiary/aromatic N) is 4. The van der Waals surface area contributed by atoms with Gasteiger partial charge in [-0.1, -0.05) is 60.7 Å². The van der Waals surface area contributed by atoms with Crippen molar-refractivity contribution in [3.63, 3.8) is 0 Å². The molecule has 0 radical (unpaired) electrons. The Morgan fingerprint density at radius 3 is 1.85 bits per heavy atom. The molecule has 0 unspecified atom stereocenters. The van der Waals surface area contributed by atoms with E-state index in [9.17, 15) is 4.79 Å². The fourth-order valence-corrected chi connectivity index (χ4v) is 4.00.